The van der Waals surface area contributed by atoms with Gasteiger partial charge in [-0.1, -0.05) is 48.5 Å². The molecule has 0 spiro atoms. The molecule has 0 N–H and O–H groups in total. The first-order chi connectivity index (χ1) is 12.6. The Bertz CT molecular complexity index is 756. The first-order valence-electron chi connectivity index (χ1n) is 8.95. The summed E-state index contributed by atoms with van der Waals surface area (Å²) in [6.07, 6.45) is 1.13. The van der Waals surface area contributed by atoms with Crippen molar-refractivity contribution in [2.24, 2.45) is 0 Å². The zero-order valence-corrected chi connectivity index (χ0v) is 15.7. The van der Waals surface area contributed by atoms with E-state index in [1.165, 1.54) is 0 Å². The van der Waals surface area contributed by atoms with Gasteiger partial charge >= 0.3 is 5.37 Å². The predicted molar refractivity (Wildman–Crippen MR) is 105 cm³/mol. The summed E-state index contributed by atoms with van der Waals surface area (Å²) in [7, 11) is 0. The number of amides is 2. The molecule has 4 nitrogen and oxygen atoms in total. The largest absolute Gasteiger partial charge is 0.329 e. The molecule has 0 unspecified atom stereocenters. The second-order valence-corrected chi connectivity index (χ2v) is 6.90. The van der Waals surface area contributed by atoms with Crippen LogP contribution in [-0.2, 0) is 10.2 Å². The molecule has 0 saturated carbocycles. The second kappa shape index (κ2) is 7.92. The normalized spacial score (nSPS) is 16.2. The van der Waals surface area contributed by atoms with Crippen molar-refractivity contribution in [2.45, 2.75) is 25.2 Å². The molecular formula is C21H23ClN2O2. The lowest BCUT2D eigenvalue weighted by Crippen LogP contribution is -2.53. The zero-order valence-electron chi connectivity index (χ0n) is 14.9. The molecule has 5 heteroatoms. The molecule has 1 aliphatic heterocycles. The average Bonchev–Trinajstić information content (AvgIpc) is 2.70. The zero-order chi connectivity index (χ0) is 18.6. The predicted octanol–water partition coefficient (Wildman–Crippen LogP) is 4.43. The minimum atomic E-state index is -0.643. The maximum absolute atomic E-state index is 13.7. The van der Waals surface area contributed by atoms with Gasteiger partial charge in [-0.2, -0.15) is 0 Å². The SMILES string of the molecule is CCN(C(=O)C1(c2ccccc2)CCN(C(=O)Cl)CC1)c1ccccc1. The van der Waals surface area contributed by atoms with Crippen molar-refractivity contribution in [3.05, 3.63) is 66.2 Å². The van der Waals surface area contributed by atoms with Crippen LogP contribution in [0, 0.1) is 0 Å². The second-order valence-electron chi connectivity index (χ2n) is 6.57. The van der Waals surface area contributed by atoms with Crippen LogP contribution in [0.25, 0.3) is 0 Å². The first-order valence-corrected chi connectivity index (χ1v) is 9.33. The lowest BCUT2D eigenvalue weighted by molar-refractivity contribution is -0.125. The van der Waals surface area contributed by atoms with E-state index < -0.39 is 10.8 Å². The van der Waals surface area contributed by atoms with Crippen molar-refractivity contribution >= 4 is 28.6 Å². The number of benzene rings is 2. The van der Waals surface area contributed by atoms with Gasteiger partial charge in [-0.25, -0.2) is 0 Å². The van der Waals surface area contributed by atoms with Gasteiger partial charge in [-0.05, 0) is 49.1 Å². The number of likely N-dealkylation sites (N-methyl/N-ethyl adjacent to an activating group) is 1. The third-order valence-corrected chi connectivity index (χ3v) is 5.47. The fourth-order valence-corrected chi connectivity index (χ4v) is 3.93. The van der Waals surface area contributed by atoms with E-state index in [-0.39, 0.29) is 5.91 Å². The molecule has 2 aromatic rings. The van der Waals surface area contributed by atoms with Crippen molar-refractivity contribution in [2.75, 3.05) is 24.5 Å². The van der Waals surface area contributed by atoms with Crippen LogP contribution >= 0.6 is 11.6 Å². The van der Waals surface area contributed by atoms with Crippen LogP contribution < -0.4 is 4.90 Å². The standard InChI is InChI=1S/C21H23ClN2O2/c1-2-24(18-11-7-4-8-12-18)19(25)21(17-9-5-3-6-10-17)13-15-23(16-14-21)20(22)26/h3-12H,2,13-16H2,1H3. The smallest absolute Gasteiger partial charge is 0.316 e. The van der Waals surface area contributed by atoms with Crippen LogP contribution in [0.5, 0.6) is 0 Å². The number of anilines is 1. The van der Waals surface area contributed by atoms with Crippen molar-refractivity contribution < 1.29 is 9.59 Å². The monoisotopic (exact) mass is 370 g/mol. The summed E-state index contributed by atoms with van der Waals surface area (Å²) in [5.74, 6) is 0.0825. The molecule has 136 valence electrons. The molecule has 1 heterocycles. The Hall–Kier alpha value is -2.33. The highest BCUT2D eigenvalue weighted by atomic mass is 35.5. The van der Waals surface area contributed by atoms with Crippen LogP contribution in [-0.4, -0.2) is 35.8 Å². The highest BCUT2D eigenvalue weighted by molar-refractivity contribution is 6.62. The van der Waals surface area contributed by atoms with E-state index in [4.69, 9.17) is 11.6 Å². The summed E-state index contributed by atoms with van der Waals surface area (Å²) in [5.41, 5.74) is 1.25. The van der Waals surface area contributed by atoms with Crippen LogP contribution in [0.2, 0.25) is 0 Å². The third-order valence-electron chi connectivity index (χ3n) is 5.23. The topological polar surface area (TPSA) is 40.6 Å². The molecular weight excluding hydrogens is 348 g/mol. The lowest BCUT2D eigenvalue weighted by atomic mass is 9.71. The summed E-state index contributed by atoms with van der Waals surface area (Å²) in [5, 5.41) is -0.450. The van der Waals surface area contributed by atoms with E-state index >= 15 is 0 Å². The summed E-state index contributed by atoms with van der Waals surface area (Å²) >= 11 is 5.65. The van der Waals surface area contributed by atoms with Gasteiger partial charge in [0.1, 0.15) is 0 Å². The number of halogens is 1. The molecule has 0 bridgehead atoms. The number of para-hydroxylation sites is 1. The lowest BCUT2D eigenvalue weighted by Gasteiger charge is -2.43. The number of carbonyl (C=O) groups excluding carboxylic acids is 2. The number of rotatable bonds is 4. The van der Waals surface area contributed by atoms with Gasteiger partial charge in [-0.3, -0.25) is 9.59 Å². The molecule has 2 aromatic carbocycles. The van der Waals surface area contributed by atoms with Crippen molar-refractivity contribution in [3.63, 3.8) is 0 Å². The summed E-state index contributed by atoms with van der Waals surface area (Å²) < 4.78 is 0. The third kappa shape index (κ3) is 3.47. The summed E-state index contributed by atoms with van der Waals surface area (Å²) in [4.78, 5) is 28.7. The molecule has 1 fully saturated rings. The van der Waals surface area contributed by atoms with E-state index in [1.807, 2.05) is 72.5 Å². The molecule has 26 heavy (non-hydrogen) atoms. The number of hydrogen-bond acceptors (Lipinski definition) is 2. The molecule has 1 aliphatic rings. The molecule has 0 aliphatic carbocycles. The van der Waals surface area contributed by atoms with Gasteiger partial charge in [0.25, 0.3) is 0 Å². The van der Waals surface area contributed by atoms with Crippen LogP contribution in [0.1, 0.15) is 25.3 Å². The Labute approximate surface area is 159 Å². The molecule has 0 atom stereocenters. The van der Waals surface area contributed by atoms with Crippen molar-refractivity contribution in [3.8, 4) is 0 Å². The van der Waals surface area contributed by atoms with Gasteiger partial charge in [0.15, 0.2) is 0 Å². The fourth-order valence-electron chi connectivity index (χ4n) is 3.76. The van der Waals surface area contributed by atoms with Crippen LogP contribution in [0.4, 0.5) is 10.5 Å². The molecule has 1 saturated heterocycles. The molecule has 3 rings (SSSR count). The minimum Gasteiger partial charge on any atom is -0.329 e. The summed E-state index contributed by atoms with van der Waals surface area (Å²) in [6, 6.07) is 19.6. The molecule has 0 radical (unpaired) electrons. The van der Waals surface area contributed by atoms with Crippen molar-refractivity contribution in [1.82, 2.24) is 4.90 Å². The summed E-state index contributed by atoms with van der Waals surface area (Å²) in [6.45, 7) is 3.54. The molecule has 2 amide bonds. The van der Waals surface area contributed by atoms with E-state index in [2.05, 4.69) is 0 Å². The molecule has 0 aromatic heterocycles. The maximum Gasteiger partial charge on any atom is 0.316 e. The van der Waals surface area contributed by atoms with Gasteiger partial charge in [0, 0.05) is 25.3 Å². The van der Waals surface area contributed by atoms with Gasteiger partial charge in [0.2, 0.25) is 5.91 Å². The van der Waals surface area contributed by atoms with Gasteiger partial charge < -0.3 is 9.80 Å². The van der Waals surface area contributed by atoms with Crippen LogP contribution in [0.3, 0.4) is 0 Å². The Balaban J connectivity index is 1.98. The van der Waals surface area contributed by atoms with E-state index in [1.54, 1.807) is 4.90 Å². The number of piperidine rings is 1. The average molecular weight is 371 g/mol. The highest BCUT2D eigenvalue weighted by Crippen LogP contribution is 2.38. The number of hydrogen-bond donors (Lipinski definition) is 0. The minimum absolute atomic E-state index is 0.0825. The Morgan fingerprint density at radius 2 is 1.54 bits per heavy atom. The fraction of sp³-hybridized carbons (Fsp3) is 0.333. The quantitative estimate of drug-likeness (QED) is 0.590. The van der Waals surface area contributed by atoms with Crippen molar-refractivity contribution in [1.29, 1.82) is 0 Å². The van der Waals surface area contributed by atoms with E-state index in [0.29, 0.717) is 32.5 Å². The van der Waals surface area contributed by atoms with E-state index in [9.17, 15) is 9.59 Å². The van der Waals surface area contributed by atoms with Crippen LogP contribution in [0.15, 0.2) is 60.7 Å². The highest BCUT2D eigenvalue weighted by Gasteiger charge is 2.45. The Morgan fingerprint density at radius 1 is 1.00 bits per heavy atom. The van der Waals surface area contributed by atoms with Gasteiger partial charge in [0.05, 0.1) is 5.41 Å². The van der Waals surface area contributed by atoms with Gasteiger partial charge in [-0.15, -0.1) is 0 Å². The Morgan fingerprint density at radius 3 is 2.04 bits per heavy atom. The van der Waals surface area contributed by atoms with E-state index in [0.717, 1.165) is 11.3 Å². The maximum atomic E-state index is 13.7. The first kappa shape index (κ1) is 18.5. The Kier molecular flexibility index (Phi) is 5.62. The number of nitrogens with zero attached hydrogens (tertiary/aromatic N) is 2. The number of carbonyl (C=O) groups is 2. The number of likely N-dealkylation sites (tertiary alicyclic amines) is 1.